The number of carbonyl (C=O) groups is 1. The molecule has 1 amide bonds. The molecule has 0 N–H and O–H groups in total. The number of hydrogen-bond donors (Lipinski definition) is 0. The highest BCUT2D eigenvalue weighted by Gasteiger charge is 2.33. The topological polar surface area (TPSA) is 72.7 Å². The maximum atomic E-state index is 12.9. The quantitative estimate of drug-likeness (QED) is 0.591. The molecule has 1 aliphatic rings. The van der Waals surface area contributed by atoms with Gasteiger partial charge < -0.3 is 4.84 Å². The van der Waals surface area contributed by atoms with Gasteiger partial charge in [-0.15, -0.1) is 10.1 Å². The third kappa shape index (κ3) is 3.05. The van der Waals surface area contributed by atoms with Gasteiger partial charge in [0.25, 0.3) is 11.0 Å². The lowest BCUT2D eigenvalue weighted by atomic mass is 10.1. The summed E-state index contributed by atoms with van der Waals surface area (Å²) >= 11 is 7.60. The molecule has 0 saturated heterocycles. The van der Waals surface area contributed by atoms with Gasteiger partial charge in [0.05, 0.1) is 11.4 Å². The van der Waals surface area contributed by atoms with Crippen molar-refractivity contribution in [3.05, 3.63) is 57.6 Å². The maximum absolute atomic E-state index is 12.9. The summed E-state index contributed by atoms with van der Waals surface area (Å²) in [6.07, 6.45) is -0.996. The van der Waals surface area contributed by atoms with E-state index < -0.39 is 17.1 Å². The molecular weight excluding hydrogens is 352 g/mol. The van der Waals surface area contributed by atoms with Crippen molar-refractivity contribution < 1.29 is 14.7 Å². The van der Waals surface area contributed by atoms with Gasteiger partial charge in [-0.25, -0.2) is 0 Å². The molecule has 0 bridgehead atoms. The molecule has 2 aromatic carbocycles. The van der Waals surface area contributed by atoms with Crippen molar-refractivity contribution in [3.63, 3.8) is 0 Å². The van der Waals surface area contributed by atoms with E-state index in [1.165, 1.54) is 16.7 Å². The zero-order valence-corrected chi connectivity index (χ0v) is 14.2. The molecule has 0 saturated carbocycles. The molecule has 24 heavy (non-hydrogen) atoms. The van der Waals surface area contributed by atoms with E-state index >= 15 is 0 Å². The number of carbonyl (C=O) groups excluding carboxylic acids is 1. The average Bonchev–Trinajstić information content (AvgIpc) is 2.57. The fraction of sp³-hybridized carbons (Fsp3) is 0.188. The minimum absolute atomic E-state index is 0.182. The molecule has 124 valence electrons. The first-order valence-corrected chi connectivity index (χ1v) is 8.42. The van der Waals surface area contributed by atoms with E-state index in [2.05, 4.69) is 4.84 Å². The summed E-state index contributed by atoms with van der Waals surface area (Å²) in [5.41, 5.74) is 1.26. The Hall–Kier alpha value is -2.25. The highest BCUT2D eigenvalue weighted by Crippen LogP contribution is 2.49. The van der Waals surface area contributed by atoms with Gasteiger partial charge in [0.2, 0.25) is 0 Å². The van der Waals surface area contributed by atoms with Gasteiger partial charge in [-0.05, 0) is 36.8 Å². The summed E-state index contributed by atoms with van der Waals surface area (Å²) in [6.45, 7) is 1.66. The molecule has 1 unspecified atom stereocenters. The molecule has 0 aromatic heterocycles. The summed E-state index contributed by atoms with van der Waals surface area (Å²) in [7, 11) is 0. The number of hydrogen-bond acceptors (Lipinski definition) is 5. The normalized spacial score (nSPS) is 13.7. The van der Waals surface area contributed by atoms with Crippen LogP contribution in [-0.2, 0) is 9.63 Å². The van der Waals surface area contributed by atoms with Crippen LogP contribution in [0.5, 0.6) is 0 Å². The highest BCUT2D eigenvalue weighted by molar-refractivity contribution is 7.99. The predicted molar refractivity (Wildman–Crippen MR) is 91.3 cm³/mol. The number of para-hydroxylation sites is 1. The molecule has 2 aromatic rings. The van der Waals surface area contributed by atoms with E-state index in [1.807, 2.05) is 24.3 Å². The lowest BCUT2D eigenvalue weighted by Crippen LogP contribution is -2.39. The molecule has 0 radical (unpaired) electrons. The number of rotatable bonds is 4. The number of fused-ring (bicyclic) bond motifs is 2. The van der Waals surface area contributed by atoms with Crippen LogP contribution >= 0.6 is 23.4 Å². The van der Waals surface area contributed by atoms with Gasteiger partial charge in [0.1, 0.15) is 0 Å². The second-order valence-electron chi connectivity index (χ2n) is 5.08. The standard InChI is InChI=1S/C16H13ClN2O4S/c1-2-13(23-19(21)22)16(20)18-11-5-3-4-6-14(11)24-15-8-7-10(17)9-12(15)18/h3-9,13H,2H2,1H3. The molecule has 1 heterocycles. The van der Waals surface area contributed by atoms with Crippen molar-refractivity contribution in [1.29, 1.82) is 0 Å². The summed E-state index contributed by atoms with van der Waals surface area (Å²) < 4.78 is 0. The van der Waals surface area contributed by atoms with Crippen molar-refractivity contribution in [1.82, 2.24) is 0 Å². The Morgan fingerprint density at radius 1 is 1.29 bits per heavy atom. The Bertz CT molecular complexity index is 814. The first-order chi connectivity index (χ1) is 11.5. The van der Waals surface area contributed by atoms with Crippen molar-refractivity contribution in [2.45, 2.75) is 29.2 Å². The third-order valence-electron chi connectivity index (χ3n) is 3.57. The second kappa shape index (κ2) is 6.70. The molecule has 1 atom stereocenters. The van der Waals surface area contributed by atoms with Gasteiger partial charge in [-0.1, -0.05) is 42.4 Å². The number of nitrogens with zero attached hydrogens (tertiary/aromatic N) is 2. The SMILES string of the molecule is CCC(O[N+](=O)[O-])C(=O)N1c2ccccc2Sc2ccc(Cl)cc21. The van der Waals surface area contributed by atoms with Crippen LogP contribution in [-0.4, -0.2) is 17.1 Å². The summed E-state index contributed by atoms with van der Waals surface area (Å²) in [6, 6.07) is 12.6. The number of amides is 1. The van der Waals surface area contributed by atoms with Crippen molar-refractivity contribution in [2.24, 2.45) is 0 Å². The van der Waals surface area contributed by atoms with Crippen LogP contribution in [0.1, 0.15) is 13.3 Å². The van der Waals surface area contributed by atoms with Gasteiger partial charge in [-0.2, -0.15) is 0 Å². The zero-order chi connectivity index (χ0) is 17.3. The first kappa shape index (κ1) is 16.6. The molecule has 0 spiro atoms. The minimum atomic E-state index is -1.18. The van der Waals surface area contributed by atoms with Crippen LogP contribution < -0.4 is 4.90 Å². The fourth-order valence-electron chi connectivity index (χ4n) is 2.51. The van der Waals surface area contributed by atoms with Gasteiger partial charge >= 0.3 is 0 Å². The van der Waals surface area contributed by atoms with Gasteiger partial charge in [0, 0.05) is 14.8 Å². The van der Waals surface area contributed by atoms with E-state index in [1.54, 1.807) is 25.1 Å². The van der Waals surface area contributed by atoms with Crippen LogP contribution in [0.3, 0.4) is 0 Å². The van der Waals surface area contributed by atoms with Gasteiger partial charge in [-0.3, -0.25) is 9.69 Å². The molecule has 3 rings (SSSR count). The van der Waals surface area contributed by atoms with E-state index in [0.29, 0.717) is 16.4 Å². The Morgan fingerprint density at radius 3 is 2.71 bits per heavy atom. The molecule has 1 aliphatic heterocycles. The number of anilines is 2. The van der Waals surface area contributed by atoms with Crippen LogP contribution in [0.25, 0.3) is 0 Å². The third-order valence-corrected chi connectivity index (χ3v) is 4.93. The minimum Gasteiger partial charge on any atom is -0.301 e. The molecule has 0 fully saturated rings. The smallest absolute Gasteiger partial charge is 0.295 e. The van der Waals surface area contributed by atoms with Crippen LogP contribution in [0, 0.1) is 10.1 Å². The molecule has 8 heteroatoms. The summed E-state index contributed by atoms with van der Waals surface area (Å²) in [5.74, 6) is -0.495. The highest BCUT2D eigenvalue weighted by atomic mass is 35.5. The lowest BCUT2D eigenvalue weighted by Gasteiger charge is -2.32. The van der Waals surface area contributed by atoms with Crippen LogP contribution in [0.2, 0.25) is 5.02 Å². The van der Waals surface area contributed by atoms with Crippen molar-refractivity contribution in [2.75, 3.05) is 4.90 Å². The van der Waals surface area contributed by atoms with Crippen molar-refractivity contribution >= 4 is 40.6 Å². The maximum Gasteiger partial charge on any atom is 0.295 e. The van der Waals surface area contributed by atoms with Crippen LogP contribution in [0.4, 0.5) is 11.4 Å². The molecular formula is C16H13ClN2O4S. The Balaban J connectivity index is 2.10. The fourth-order valence-corrected chi connectivity index (χ4v) is 3.71. The average molecular weight is 365 g/mol. The van der Waals surface area contributed by atoms with E-state index in [-0.39, 0.29) is 6.42 Å². The lowest BCUT2D eigenvalue weighted by molar-refractivity contribution is -0.764. The Kier molecular flexibility index (Phi) is 4.64. The monoisotopic (exact) mass is 364 g/mol. The largest absolute Gasteiger partial charge is 0.301 e. The second-order valence-corrected chi connectivity index (χ2v) is 6.60. The predicted octanol–water partition coefficient (Wildman–Crippen LogP) is 4.46. The molecule has 6 nitrogen and oxygen atoms in total. The van der Waals surface area contributed by atoms with Crippen LogP contribution in [0.15, 0.2) is 52.3 Å². The Morgan fingerprint density at radius 2 is 2.00 bits per heavy atom. The Labute approximate surface area is 147 Å². The summed E-state index contributed by atoms with van der Waals surface area (Å²) in [4.78, 5) is 31.4. The van der Waals surface area contributed by atoms with Crippen molar-refractivity contribution in [3.8, 4) is 0 Å². The van der Waals surface area contributed by atoms with E-state index in [0.717, 1.165) is 9.79 Å². The molecule has 0 aliphatic carbocycles. The van der Waals surface area contributed by atoms with E-state index in [9.17, 15) is 14.9 Å². The summed E-state index contributed by atoms with van der Waals surface area (Å²) in [5, 5.41) is 10.2. The number of benzene rings is 2. The zero-order valence-electron chi connectivity index (χ0n) is 12.6. The number of halogens is 1. The first-order valence-electron chi connectivity index (χ1n) is 7.23. The van der Waals surface area contributed by atoms with Gasteiger partial charge in [0.15, 0.2) is 6.10 Å². The van der Waals surface area contributed by atoms with E-state index in [4.69, 9.17) is 11.6 Å².